The van der Waals surface area contributed by atoms with Crippen molar-refractivity contribution in [3.05, 3.63) is 36.5 Å². The minimum atomic E-state index is -4.25. The number of ether oxygens (including phenoxy) is 2. The number of hydrogen-bond donors (Lipinski definition) is 1. The van der Waals surface area contributed by atoms with Crippen LogP contribution in [0.1, 0.15) is 117 Å². The molecule has 0 amide bonds. The average Bonchev–Trinajstić information content (AvgIpc) is 2.94. The van der Waals surface area contributed by atoms with Crippen molar-refractivity contribution in [3.63, 3.8) is 0 Å². The molecular formula is C34H65NO7P+. The molecule has 0 aromatic carbocycles. The zero-order valence-electron chi connectivity index (χ0n) is 28.2. The van der Waals surface area contributed by atoms with E-state index < -0.39 is 13.9 Å². The lowest BCUT2D eigenvalue weighted by Gasteiger charge is -2.24. The fraction of sp³-hybridized carbons (Fsp3) is 0.794. The average molecular weight is 631 g/mol. The highest BCUT2D eigenvalue weighted by molar-refractivity contribution is 7.47. The van der Waals surface area contributed by atoms with E-state index in [-0.39, 0.29) is 25.8 Å². The molecule has 9 heteroatoms. The molecule has 0 aliphatic rings. The molecule has 0 saturated heterocycles. The number of hydrogen-bond acceptors (Lipinski definition) is 6. The van der Waals surface area contributed by atoms with Gasteiger partial charge in [0.2, 0.25) is 0 Å². The second kappa shape index (κ2) is 28.2. The maximum absolute atomic E-state index is 12.3. The van der Waals surface area contributed by atoms with Gasteiger partial charge in [-0.25, -0.2) is 4.57 Å². The molecule has 2 unspecified atom stereocenters. The number of allylic oxidation sites excluding steroid dienone is 6. The van der Waals surface area contributed by atoms with E-state index in [1.54, 1.807) is 0 Å². The normalized spacial score (nSPS) is 14.7. The van der Waals surface area contributed by atoms with Crippen LogP contribution in [0.4, 0.5) is 0 Å². The Bertz CT molecular complexity index is 792. The third-order valence-electron chi connectivity index (χ3n) is 6.72. The van der Waals surface area contributed by atoms with Crippen LogP contribution in [0.3, 0.4) is 0 Å². The number of carbonyl (C=O) groups excluding carboxylic acids is 1. The smallest absolute Gasteiger partial charge is 0.457 e. The number of rotatable bonds is 30. The van der Waals surface area contributed by atoms with Crippen molar-refractivity contribution in [3.8, 4) is 0 Å². The highest BCUT2D eigenvalue weighted by atomic mass is 31.2. The molecule has 0 aromatic rings. The second-order valence-electron chi connectivity index (χ2n) is 12.2. The van der Waals surface area contributed by atoms with Crippen molar-refractivity contribution in [2.75, 3.05) is 54.1 Å². The number of phosphoric ester groups is 1. The number of carbonyl (C=O) groups is 1. The maximum atomic E-state index is 12.3. The highest BCUT2D eigenvalue weighted by Gasteiger charge is 2.26. The summed E-state index contributed by atoms with van der Waals surface area (Å²) in [5, 5.41) is 0. The fourth-order valence-corrected chi connectivity index (χ4v) is 4.83. The number of esters is 1. The van der Waals surface area contributed by atoms with E-state index in [1.807, 2.05) is 21.1 Å². The van der Waals surface area contributed by atoms with E-state index in [9.17, 15) is 14.3 Å². The zero-order chi connectivity index (χ0) is 32.1. The largest absolute Gasteiger partial charge is 0.472 e. The van der Waals surface area contributed by atoms with Crippen LogP contribution >= 0.6 is 7.82 Å². The van der Waals surface area contributed by atoms with Crippen molar-refractivity contribution in [1.82, 2.24) is 0 Å². The van der Waals surface area contributed by atoms with Gasteiger partial charge in [-0.2, -0.15) is 0 Å². The summed E-state index contributed by atoms with van der Waals surface area (Å²) in [6.45, 7) is 5.30. The van der Waals surface area contributed by atoms with Gasteiger partial charge in [0.15, 0.2) is 0 Å². The zero-order valence-corrected chi connectivity index (χ0v) is 29.1. The van der Waals surface area contributed by atoms with Gasteiger partial charge in [-0.1, -0.05) is 102 Å². The second-order valence-corrected chi connectivity index (χ2v) is 13.6. The van der Waals surface area contributed by atoms with Crippen LogP contribution < -0.4 is 0 Å². The van der Waals surface area contributed by atoms with Crippen LogP contribution in [0.25, 0.3) is 0 Å². The predicted octanol–water partition coefficient (Wildman–Crippen LogP) is 8.70. The van der Waals surface area contributed by atoms with Gasteiger partial charge in [0.1, 0.15) is 19.3 Å². The summed E-state index contributed by atoms with van der Waals surface area (Å²) in [7, 11) is 1.65. The van der Waals surface area contributed by atoms with E-state index in [2.05, 4.69) is 50.3 Å². The Labute approximate surface area is 264 Å². The number of unbranched alkanes of at least 4 members (excludes halogenated alkanes) is 10. The van der Waals surface area contributed by atoms with Crippen molar-refractivity contribution >= 4 is 13.8 Å². The summed E-state index contributed by atoms with van der Waals surface area (Å²) >= 11 is 0. The summed E-state index contributed by atoms with van der Waals surface area (Å²) in [5.74, 6) is -0.344. The van der Waals surface area contributed by atoms with Crippen LogP contribution in [-0.4, -0.2) is 75.6 Å². The van der Waals surface area contributed by atoms with Crippen LogP contribution in [0, 0.1) is 0 Å². The molecule has 0 fully saturated rings. The molecule has 0 spiro atoms. The Morgan fingerprint density at radius 2 is 1.35 bits per heavy atom. The molecule has 252 valence electrons. The molecule has 0 radical (unpaired) electrons. The van der Waals surface area contributed by atoms with Gasteiger partial charge in [-0.15, -0.1) is 0 Å². The third kappa shape index (κ3) is 31.9. The molecule has 2 atom stereocenters. The summed E-state index contributed by atoms with van der Waals surface area (Å²) in [6, 6.07) is 0. The number of nitrogens with zero attached hydrogens (tertiary/aromatic N) is 1. The first kappa shape index (κ1) is 41.7. The van der Waals surface area contributed by atoms with E-state index in [4.69, 9.17) is 18.5 Å². The maximum Gasteiger partial charge on any atom is 0.472 e. The molecule has 0 bridgehead atoms. The van der Waals surface area contributed by atoms with Crippen molar-refractivity contribution < 1.29 is 37.3 Å². The van der Waals surface area contributed by atoms with Gasteiger partial charge in [0.25, 0.3) is 0 Å². The number of quaternary nitrogens is 1. The van der Waals surface area contributed by atoms with Crippen LogP contribution in [0.5, 0.6) is 0 Å². The van der Waals surface area contributed by atoms with E-state index in [1.165, 1.54) is 44.9 Å². The van der Waals surface area contributed by atoms with Crippen LogP contribution in [0.15, 0.2) is 36.5 Å². The minimum absolute atomic E-state index is 0.0857. The van der Waals surface area contributed by atoms with Crippen molar-refractivity contribution in [2.24, 2.45) is 0 Å². The Morgan fingerprint density at radius 1 is 0.744 bits per heavy atom. The molecule has 0 rings (SSSR count). The third-order valence-corrected chi connectivity index (χ3v) is 7.70. The summed E-state index contributed by atoms with van der Waals surface area (Å²) in [4.78, 5) is 22.3. The van der Waals surface area contributed by atoms with Crippen molar-refractivity contribution in [1.29, 1.82) is 0 Å². The lowest BCUT2D eigenvalue weighted by atomic mass is 10.1. The van der Waals surface area contributed by atoms with Gasteiger partial charge < -0.3 is 18.9 Å². The van der Waals surface area contributed by atoms with Gasteiger partial charge in [0.05, 0.1) is 34.4 Å². The van der Waals surface area contributed by atoms with Gasteiger partial charge in [0, 0.05) is 13.0 Å². The Balaban J connectivity index is 4.05. The van der Waals surface area contributed by atoms with Gasteiger partial charge in [-0.05, 0) is 44.9 Å². The molecule has 0 heterocycles. The molecule has 0 aromatic heterocycles. The summed E-state index contributed by atoms with van der Waals surface area (Å²) < 4.78 is 34.3. The SMILES string of the molecule is CC/C=C\C/C=C\C/C=C\CCCCCCCCCCOCC(COP(=O)(O)OCC[N+](C)(C)C)OC(=O)CCCCC. The first-order valence-electron chi connectivity index (χ1n) is 16.7. The monoisotopic (exact) mass is 630 g/mol. The Morgan fingerprint density at radius 3 is 1.98 bits per heavy atom. The van der Waals surface area contributed by atoms with Crippen LogP contribution in [-0.2, 0) is 27.9 Å². The molecule has 0 saturated carbocycles. The number of phosphoric acid groups is 1. The minimum Gasteiger partial charge on any atom is -0.457 e. The fourth-order valence-electron chi connectivity index (χ4n) is 4.09. The predicted molar refractivity (Wildman–Crippen MR) is 178 cm³/mol. The standard InChI is InChI=1S/C34H64NO7P/c1-6-8-10-11-12-13-14-15-16-17-18-19-20-21-22-23-24-26-29-39-31-33(42-34(36)27-25-9-7-2)32-41-43(37,38)40-30-28-35(3,4)5/h8,10,12-13,15-16,33H,6-7,9,11,14,17-32H2,1-5H3/p+1/b10-8-,13-12-,16-15-. The Hall–Kier alpha value is -1.28. The molecule has 0 aliphatic heterocycles. The van der Waals surface area contributed by atoms with E-state index in [0.717, 1.165) is 51.4 Å². The van der Waals surface area contributed by atoms with Crippen molar-refractivity contribution in [2.45, 2.75) is 123 Å². The molecular weight excluding hydrogens is 565 g/mol. The van der Waals surface area contributed by atoms with E-state index in [0.29, 0.717) is 24.1 Å². The topological polar surface area (TPSA) is 91.3 Å². The van der Waals surface area contributed by atoms with Crippen LogP contribution in [0.2, 0.25) is 0 Å². The number of likely N-dealkylation sites (N-methyl/N-ethyl adjacent to an activating group) is 1. The van der Waals surface area contributed by atoms with Gasteiger partial charge in [-0.3, -0.25) is 13.8 Å². The molecule has 0 aliphatic carbocycles. The first-order valence-corrected chi connectivity index (χ1v) is 18.2. The molecule has 43 heavy (non-hydrogen) atoms. The van der Waals surface area contributed by atoms with Gasteiger partial charge >= 0.3 is 13.8 Å². The first-order chi connectivity index (χ1) is 20.6. The summed E-state index contributed by atoms with van der Waals surface area (Å²) in [6.07, 6.45) is 29.6. The lowest BCUT2D eigenvalue weighted by molar-refractivity contribution is -0.870. The van der Waals surface area contributed by atoms with E-state index >= 15 is 0 Å². The Kier molecular flexibility index (Phi) is 27.4. The quantitative estimate of drug-likeness (QED) is 0.0279. The highest BCUT2D eigenvalue weighted by Crippen LogP contribution is 2.43. The molecule has 8 nitrogen and oxygen atoms in total. The summed E-state index contributed by atoms with van der Waals surface area (Å²) in [5.41, 5.74) is 0. The molecule has 1 N–H and O–H groups in total. The lowest BCUT2D eigenvalue weighted by Crippen LogP contribution is -2.37.